The molecule has 6 nitrogen and oxygen atoms in total. The Morgan fingerprint density at radius 2 is 2.12 bits per heavy atom. The second kappa shape index (κ2) is 7.62. The van der Waals surface area contributed by atoms with Crippen LogP contribution in [0.2, 0.25) is 5.02 Å². The fourth-order valence-corrected chi connectivity index (χ4v) is 3.77. The first-order valence-electron chi connectivity index (χ1n) is 8.84. The lowest BCUT2D eigenvalue weighted by molar-refractivity contribution is -0.132. The Bertz CT molecular complexity index is 809. The molecule has 1 amide bonds. The van der Waals surface area contributed by atoms with Gasteiger partial charge in [0.2, 0.25) is 5.91 Å². The maximum atomic E-state index is 12.4. The zero-order valence-corrected chi connectivity index (χ0v) is 15.5. The van der Waals surface area contributed by atoms with Gasteiger partial charge >= 0.3 is 5.76 Å². The van der Waals surface area contributed by atoms with E-state index in [1.54, 1.807) is 22.8 Å². The zero-order chi connectivity index (χ0) is 18.0. The van der Waals surface area contributed by atoms with Gasteiger partial charge in [-0.05, 0) is 51.4 Å². The van der Waals surface area contributed by atoms with Crippen molar-refractivity contribution in [3.8, 4) is 0 Å². The molecule has 0 bridgehead atoms. The minimum absolute atomic E-state index is 0.00882. The highest BCUT2D eigenvalue weighted by atomic mass is 35.5. The maximum Gasteiger partial charge on any atom is 0.420 e. The van der Waals surface area contributed by atoms with Crippen molar-refractivity contribution in [2.24, 2.45) is 0 Å². The van der Waals surface area contributed by atoms with Crippen molar-refractivity contribution in [2.75, 3.05) is 32.7 Å². The molecule has 2 heterocycles. The van der Waals surface area contributed by atoms with Crippen LogP contribution in [0.15, 0.2) is 27.4 Å². The fourth-order valence-electron chi connectivity index (χ4n) is 3.61. The highest BCUT2D eigenvalue weighted by Gasteiger charge is 2.27. The van der Waals surface area contributed by atoms with Crippen molar-refractivity contribution in [3.05, 3.63) is 33.8 Å². The number of piperidine rings is 1. The third kappa shape index (κ3) is 3.75. The lowest BCUT2D eigenvalue weighted by Crippen LogP contribution is -2.45. The van der Waals surface area contributed by atoms with Crippen LogP contribution >= 0.6 is 11.6 Å². The predicted octanol–water partition coefficient (Wildman–Crippen LogP) is 2.75. The number of nitrogens with zero attached hydrogens (tertiary/aromatic N) is 3. The Hall–Kier alpha value is -1.79. The van der Waals surface area contributed by atoms with Crippen LogP contribution in [-0.4, -0.2) is 53.0 Å². The van der Waals surface area contributed by atoms with Crippen LogP contribution in [0.25, 0.3) is 11.1 Å². The number of hydrogen-bond acceptors (Lipinski definition) is 4. The van der Waals surface area contributed by atoms with E-state index in [0.717, 1.165) is 38.0 Å². The molecule has 7 heteroatoms. The number of amides is 1. The number of halogens is 1. The Morgan fingerprint density at radius 1 is 1.36 bits per heavy atom. The predicted molar refractivity (Wildman–Crippen MR) is 98.1 cm³/mol. The summed E-state index contributed by atoms with van der Waals surface area (Å²) in [7, 11) is 0. The van der Waals surface area contributed by atoms with Gasteiger partial charge in [0.15, 0.2) is 5.58 Å². The smallest absolute Gasteiger partial charge is 0.408 e. The summed E-state index contributed by atoms with van der Waals surface area (Å²) in [5.41, 5.74) is 1.27. The highest BCUT2D eigenvalue weighted by Crippen LogP contribution is 2.26. The molecule has 1 fully saturated rings. The van der Waals surface area contributed by atoms with Gasteiger partial charge in [0, 0.05) is 24.7 Å². The number of likely N-dealkylation sites (N-methyl/N-ethyl adjacent to an activating group) is 1. The number of carbonyl (C=O) groups excluding carboxylic acids is 1. The van der Waals surface area contributed by atoms with Gasteiger partial charge in [0.05, 0.1) is 18.1 Å². The van der Waals surface area contributed by atoms with Crippen LogP contribution in [0.3, 0.4) is 0 Å². The number of carbonyl (C=O) groups is 1. The first kappa shape index (κ1) is 18.0. The molecular weight excluding hydrogens is 342 g/mol. The lowest BCUT2D eigenvalue weighted by atomic mass is 10.1. The van der Waals surface area contributed by atoms with Crippen molar-refractivity contribution in [3.63, 3.8) is 0 Å². The van der Waals surface area contributed by atoms with Crippen LogP contribution in [0.1, 0.15) is 32.7 Å². The molecule has 1 saturated heterocycles. The van der Waals surface area contributed by atoms with E-state index in [1.807, 2.05) is 18.7 Å². The van der Waals surface area contributed by atoms with Crippen LogP contribution in [0, 0.1) is 0 Å². The Morgan fingerprint density at radius 3 is 2.84 bits per heavy atom. The van der Waals surface area contributed by atoms with Crippen molar-refractivity contribution >= 4 is 28.6 Å². The number of oxazole rings is 1. The van der Waals surface area contributed by atoms with E-state index in [4.69, 9.17) is 16.0 Å². The monoisotopic (exact) mass is 365 g/mol. The van der Waals surface area contributed by atoms with E-state index in [1.165, 1.54) is 0 Å². The Balaban J connectivity index is 1.80. The zero-order valence-electron chi connectivity index (χ0n) is 14.7. The first-order chi connectivity index (χ1) is 12.0. The molecule has 136 valence electrons. The van der Waals surface area contributed by atoms with Gasteiger partial charge < -0.3 is 9.32 Å². The Labute approximate surface area is 151 Å². The fraction of sp³-hybridized carbons (Fsp3) is 0.556. The molecule has 0 saturated carbocycles. The summed E-state index contributed by atoms with van der Waals surface area (Å²) in [5.74, 6) is -0.225. The summed E-state index contributed by atoms with van der Waals surface area (Å²) in [6.07, 6.45) is 1.83. The van der Waals surface area contributed by atoms with Crippen LogP contribution in [0.5, 0.6) is 0 Å². The van der Waals surface area contributed by atoms with Gasteiger partial charge in [-0.25, -0.2) is 4.79 Å². The van der Waals surface area contributed by atoms with Crippen molar-refractivity contribution in [2.45, 2.75) is 32.7 Å². The first-order valence-corrected chi connectivity index (χ1v) is 9.22. The van der Waals surface area contributed by atoms with Gasteiger partial charge in [0.25, 0.3) is 0 Å². The standard InChI is InChI=1S/C18H24ClN3O3/c1-3-21(4-2)17(23)12-20-9-5-6-14(11-20)22-15-10-13(19)7-8-16(15)25-18(22)24/h7-8,10,14H,3-6,9,11-12H2,1-2H3. The van der Waals surface area contributed by atoms with Gasteiger partial charge in [0.1, 0.15) is 0 Å². The van der Waals surface area contributed by atoms with Crippen LogP contribution in [0.4, 0.5) is 0 Å². The topological polar surface area (TPSA) is 58.7 Å². The third-order valence-corrected chi connectivity index (χ3v) is 5.13. The van der Waals surface area contributed by atoms with Crippen molar-refractivity contribution in [1.82, 2.24) is 14.4 Å². The molecule has 1 aliphatic heterocycles. The average Bonchev–Trinajstić information content (AvgIpc) is 2.91. The van der Waals surface area contributed by atoms with E-state index in [9.17, 15) is 9.59 Å². The molecule has 0 spiro atoms. The van der Waals surface area contributed by atoms with E-state index in [-0.39, 0.29) is 17.7 Å². The number of likely N-dealkylation sites (tertiary alicyclic amines) is 1. The van der Waals surface area contributed by atoms with Gasteiger partial charge in [-0.3, -0.25) is 14.3 Å². The summed E-state index contributed by atoms with van der Waals surface area (Å²) in [5, 5.41) is 0.575. The summed E-state index contributed by atoms with van der Waals surface area (Å²) in [6, 6.07) is 5.19. The van der Waals surface area contributed by atoms with E-state index in [0.29, 0.717) is 23.7 Å². The molecular formula is C18H24ClN3O3. The molecule has 1 aliphatic rings. The average molecular weight is 366 g/mol. The molecule has 0 aliphatic carbocycles. The third-order valence-electron chi connectivity index (χ3n) is 4.90. The van der Waals surface area contributed by atoms with E-state index in [2.05, 4.69) is 4.90 Å². The molecule has 1 aromatic heterocycles. The molecule has 1 atom stereocenters. The molecule has 2 aromatic rings. The van der Waals surface area contributed by atoms with E-state index < -0.39 is 0 Å². The number of benzene rings is 1. The number of rotatable bonds is 5. The summed E-state index contributed by atoms with van der Waals surface area (Å²) < 4.78 is 7.04. The van der Waals surface area contributed by atoms with Crippen molar-refractivity contribution < 1.29 is 9.21 Å². The van der Waals surface area contributed by atoms with Crippen LogP contribution in [-0.2, 0) is 4.79 Å². The van der Waals surface area contributed by atoms with Crippen LogP contribution < -0.4 is 5.76 Å². The summed E-state index contributed by atoms with van der Waals surface area (Å²) >= 11 is 6.09. The molecule has 1 unspecified atom stereocenters. The molecule has 0 radical (unpaired) electrons. The SMILES string of the molecule is CCN(CC)C(=O)CN1CCCC(n2c(=O)oc3ccc(Cl)cc32)C1. The summed E-state index contributed by atoms with van der Waals surface area (Å²) in [4.78, 5) is 28.7. The van der Waals surface area contributed by atoms with E-state index >= 15 is 0 Å². The summed E-state index contributed by atoms with van der Waals surface area (Å²) in [6.45, 7) is 7.34. The number of aromatic nitrogens is 1. The second-order valence-corrected chi connectivity index (χ2v) is 6.88. The molecule has 0 N–H and O–H groups in total. The quantitative estimate of drug-likeness (QED) is 0.817. The normalized spacial score (nSPS) is 18.6. The molecule has 1 aromatic carbocycles. The van der Waals surface area contributed by atoms with Gasteiger partial charge in [-0.1, -0.05) is 11.6 Å². The number of hydrogen-bond donors (Lipinski definition) is 0. The molecule has 3 rings (SSSR count). The second-order valence-electron chi connectivity index (χ2n) is 6.45. The minimum atomic E-state index is -0.362. The van der Waals surface area contributed by atoms with Gasteiger partial charge in [-0.15, -0.1) is 0 Å². The highest BCUT2D eigenvalue weighted by molar-refractivity contribution is 6.31. The largest absolute Gasteiger partial charge is 0.420 e. The maximum absolute atomic E-state index is 12.4. The molecule has 25 heavy (non-hydrogen) atoms. The lowest BCUT2D eigenvalue weighted by Gasteiger charge is -2.33. The van der Waals surface area contributed by atoms with Crippen molar-refractivity contribution in [1.29, 1.82) is 0 Å². The van der Waals surface area contributed by atoms with Gasteiger partial charge in [-0.2, -0.15) is 0 Å². The Kier molecular flexibility index (Phi) is 5.49. The number of fused-ring (bicyclic) bond motifs is 1. The minimum Gasteiger partial charge on any atom is -0.408 e.